The highest BCUT2D eigenvalue weighted by atomic mass is 16.3. The molecule has 0 aromatic carbocycles. The van der Waals surface area contributed by atoms with Crippen LogP contribution in [0.5, 0.6) is 0 Å². The molecular weight excluding hydrogens is 202 g/mol. The molecule has 0 amide bonds. The number of imidazole rings is 1. The van der Waals surface area contributed by atoms with Gasteiger partial charge in [-0.05, 0) is 12.8 Å². The zero-order valence-corrected chi connectivity index (χ0v) is 10.3. The summed E-state index contributed by atoms with van der Waals surface area (Å²) >= 11 is 0. The summed E-state index contributed by atoms with van der Waals surface area (Å²) in [6, 6.07) is 0. The SMILES string of the molecule is CCCC(CN)(CO)CCc1nccn1C. The summed E-state index contributed by atoms with van der Waals surface area (Å²) in [6.45, 7) is 2.84. The Labute approximate surface area is 97.5 Å². The Kier molecular flexibility index (Phi) is 4.96. The molecule has 0 aliphatic rings. The topological polar surface area (TPSA) is 64.1 Å². The minimum atomic E-state index is -0.124. The molecule has 0 aliphatic heterocycles. The highest BCUT2D eigenvalue weighted by Crippen LogP contribution is 2.27. The van der Waals surface area contributed by atoms with Gasteiger partial charge in [0.1, 0.15) is 5.82 Å². The molecule has 0 saturated carbocycles. The molecule has 1 rings (SSSR count). The molecule has 0 spiro atoms. The Hall–Kier alpha value is -0.870. The molecule has 0 fully saturated rings. The number of hydrogen-bond acceptors (Lipinski definition) is 3. The maximum Gasteiger partial charge on any atom is 0.108 e. The van der Waals surface area contributed by atoms with Crippen molar-refractivity contribution in [3.8, 4) is 0 Å². The van der Waals surface area contributed by atoms with Crippen molar-refractivity contribution in [1.82, 2.24) is 9.55 Å². The number of nitrogens with zero attached hydrogens (tertiary/aromatic N) is 2. The molecule has 0 aliphatic carbocycles. The minimum absolute atomic E-state index is 0.124. The van der Waals surface area contributed by atoms with Gasteiger partial charge in [0.15, 0.2) is 0 Å². The van der Waals surface area contributed by atoms with Gasteiger partial charge in [0.05, 0.1) is 0 Å². The average molecular weight is 225 g/mol. The van der Waals surface area contributed by atoms with Crippen LogP contribution in [0.15, 0.2) is 12.4 Å². The monoisotopic (exact) mass is 225 g/mol. The average Bonchev–Trinajstić information content (AvgIpc) is 2.70. The lowest BCUT2D eigenvalue weighted by atomic mass is 9.80. The summed E-state index contributed by atoms with van der Waals surface area (Å²) in [5, 5.41) is 9.50. The number of aromatic nitrogens is 2. The largest absolute Gasteiger partial charge is 0.396 e. The zero-order valence-electron chi connectivity index (χ0n) is 10.3. The van der Waals surface area contributed by atoms with E-state index in [1.165, 1.54) is 0 Å². The number of nitrogens with two attached hydrogens (primary N) is 1. The smallest absolute Gasteiger partial charge is 0.108 e. The van der Waals surface area contributed by atoms with Crippen LogP contribution in [0.3, 0.4) is 0 Å². The maximum atomic E-state index is 9.50. The van der Waals surface area contributed by atoms with Gasteiger partial charge >= 0.3 is 0 Å². The number of aliphatic hydroxyl groups excluding tert-OH is 1. The normalized spacial score (nSPS) is 15.0. The maximum absolute atomic E-state index is 9.50. The van der Waals surface area contributed by atoms with Gasteiger partial charge < -0.3 is 15.4 Å². The fraction of sp³-hybridized carbons (Fsp3) is 0.750. The second-order valence-corrected chi connectivity index (χ2v) is 4.57. The lowest BCUT2D eigenvalue weighted by molar-refractivity contribution is 0.111. The van der Waals surface area contributed by atoms with Crippen molar-refractivity contribution < 1.29 is 5.11 Å². The van der Waals surface area contributed by atoms with Crippen LogP contribution in [0, 0.1) is 5.41 Å². The molecule has 0 bridgehead atoms. The van der Waals surface area contributed by atoms with Crippen molar-refractivity contribution in [3.63, 3.8) is 0 Å². The molecule has 4 nitrogen and oxygen atoms in total. The summed E-state index contributed by atoms with van der Waals surface area (Å²) in [4.78, 5) is 4.29. The predicted octanol–water partition coefficient (Wildman–Crippen LogP) is 1.09. The van der Waals surface area contributed by atoms with E-state index in [1.54, 1.807) is 6.20 Å². The molecular formula is C12H23N3O. The minimum Gasteiger partial charge on any atom is -0.396 e. The third-order valence-corrected chi connectivity index (χ3v) is 3.35. The summed E-state index contributed by atoms with van der Waals surface area (Å²) in [5.74, 6) is 1.06. The first-order chi connectivity index (χ1) is 7.67. The van der Waals surface area contributed by atoms with Crippen molar-refractivity contribution in [1.29, 1.82) is 0 Å². The molecule has 3 N–H and O–H groups in total. The van der Waals surface area contributed by atoms with Gasteiger partial charge in [0.2, 0.25) is 0 Å². The number of aliphatic hydroxyl groups is 1. The van der Waals surface area contributed by atoms with Crippen LogP contribution in [0.25, 0.3) is 0 Å². The van der Waals surface area contributed by atoms with Gasteiger partial charge in [-0.15, -0.1) is 0 Å². The van der Waals surface area contributed by atoms with Crippen molar-refractivity contribution in [2.24, 2.45) is 18.2 Å². The summed E-state index contributed by atoms with van der Waals surface area (Å²) in [7, 11) is 1.99. The van der Waals surface area contributed by atoms with Crippen molar-refractivity contribution in [3.05, 3.63) is 18.2 Å². The molecule has 16 heavy (non-hydrogen) atoms. The van der Waals surface area contributed by atoms with Gasteiger partial charge in [-0.3, -0.25) is 0 Å². The summed E-state index contributed by atoms with van der Waals surface area (Å²) in [6.07, 6.45) is 7.55. The third kappa shape index (κ3) is 3.06. The molecule has 1 heterocycles. The molecule has 4 heteroatoms. The lowest BCUT2D eigenvalue weighted by Crippen LogP contribution is -2.35. The quantitative estimate of drug-likeness (QED) is 0.730. The molecule has 1 aromatic rings. The predicted molar refractivity (Wildman–Crippen MR) is 65.0 cm³/mol. The summed E-state index contributed by atoms with van der Waals surface area (Å²) in [5.41, 5.74) is 5.67. The first-order valence-corrected chi connectivity index (χ1v) is 5.94. The highest BCUT2D eigenvalue weighted by Gasteiger charge is 2.26. The van der Waals surface area contributed by atoms with E-state index in [0.29, 0.717) is 6.54 Å². The van der Waals surface area contributed by atoms with E-state index in [9.17, 15) is 5.11 Å². The molecule has 1 aromatic heterocycles. The van der Waals surface area contributed by atoms with Crippen molar-refractivity contribution in [2.45, 2.75) is 32.6 Å². The van der Waals surface area contributed by atoms with Crippen LogP contribution in [0.4, 0.5) is 0 Å². The zero-order chi connectivity index (χ0) is 12.0. The van der Waals surface area contributed by atoms with E-state index >= 15 is 0 Å². The first-order valence-electron chi connectivity index (χ1n) is 5.94. The molecule has 0 saturated heterocycles. The molecule has 92 valence electrons. The highest BCUT2D eigenvalue weighted by molar-refractivity contribution is 4.93. The number of aryl methyl sites for hydroxylation is 2. The Morgan fingerprint density at radius 2 is 2.25 bits per heavy atom. The van der Waals surface area contributed by atoms with E-state index in [4.69, 9.17) is 5.73 Å². The number of hydrogen-bond donors (Lipinski definition) is 2. The third-order valence-electron chi connectivity index (χ3n) is 3.35. The standard InChI is InChI=1S/C12H23N3O/c1-3-5-12(9-13,10-16)6-4-11-14-7-8-15(11)2/h7-8,16H,3-6,9-10,13H2,1-2H3. The van der Waals surface area contributed by atoms with Crippen LogP contribution in [-0.4, -0.2) is 27.8 Å². The molecule has 1 atom stereocenters. The van der Waals surface area contributed by atoms with Gasteiger partial charge in [0.25, 0.3) is 0 Å². The van der Waals surface area contributed by atoms with E-state index < -0.39 is 0 Å². The first kappa shape index (κ1) is 13.2. The van der Waals surface area contributed by atoms with E-state index in [2.05, 4.69) is 11.9 Å². The van der Waals surface area contributed by atoms with Gasteiger partial charge in [-0.2, -0.15) is 0 Å². The van der Waals surface area contributed by atoms with E-state index in [0.717, 1.165) is 31.5 Å². The number of rotatable bonds is 7. The summed E-state index contributed by atoms with van der Waals surface area (Å²) < 4.78 is 2.02. The molecule has 0 radical (unpaired) electrons. The van der Waals surface area contributed by atoms with Crippen LogP contribution < -0.4 is 5.73 Å². The van der Waals surface area contributed by atoms with Gasteiger partial charge in [-0.1, -0.05) is 13.3 Å². The van der Waals surface area contributed by atoms with Gasteiger partial charge in [-0.25, -0.2) is 4.98 Å². The second-order valence-electron chi connectivity index (χ2n) is 4.57. The van der Waals surface area contributed by atoms with Crippen molar-refractivity contribution >= 4 is 0 Å². The Bertz CT molecular complexity index is 305. The van der Waals surface area contributed by atoms with Crippen LogP contribution >= 0.6 is 0 Å². The van der Waals surface area contributed by atoms with Crippen LogP contribution in [0.2, 0.25) is 0 Å². The Morgan fingerprint density at radius 3 is 2.69 bits per heavy atom. The van der Waals surface area contributed by atoms with E-state index in [-0.39, 0.29) is 12.0 Å². The van der Waals surface area contributed by atoms with Gasteiger partial charge in [0, 0.05) is 44.4 Å². The second kappa shape index (κ2) is 6.01. The van der Waals surface area contributed by atoms with Crippen molar-refractivity contribution in [2.75, 3.05) is 13.2 Å². The lowest BCUT2D eigenvalue weighted by Gasteiger charge is -2.30. The Morgan fingerprint density at radius 1 is 1.50 bits per heavy atom. The fourth-order valence-corrected chi connectivity index (χ4v) is 2.10. The van der Waals surface area contributed by atoms with E-state index in [1.807, 2.05) is 17.8 Å². The Balaban J connectivity index is 2.59. The van der Waals surface area contributed by atoms with Crippen LogP contribution in [0.1, 0.15) is 32.0 Å². The fourth-order valence-electron chi connectivity index (χ4n) is 2.10. The molecule has 1 unspecified atom stereocenters. The van der Waals surface area contributed by atoms with Crippen LogP contribution in [-0.2, 0) is 13.5 Å².